The molecular weight excluding hydrogens is 351 g/mol. The Balaban J connectivity index is 2.87. The summed E-state index contributed by atoms with van der Waals surface area (Å²) in [5.41, 5.74) is 6.07. The SMILES string of the molecule is COCc1cc(C)ccc1-c1cc(SC)cc(C(F)(F)F)c1C(N)=O. The molecule has 1 amide bonds. The van der Waals surface area contributed by atoms with E-state index in [1.165, 1.54) is 18.9 Å². The molecule has 0 saturated heterocycles. The van der Waals surface area contributed by atoms with Crippen molar-refractivity contribution in [1.29, 1.82) is 0 Å². The summed E-state index contributed by atoms with van der Waals surface area (Å²) in [5.74, 6) is -1.11. The zero-order chi connectivity index (χ0) is 18.8. The van der Waals surface area contributed by atoms with Gasteiger partial charge in [0.2, 0.25) is 5.91 Å². The number of alkyl halides is 3. The Kier molecular flexibility index (Phi) is 5.80. The lowest BCUT2D eigenvalue weighted by molar-refractivity contribution is -0.138. The first-order chi connectivity index (χ1) is 11.7. The average molecular weight is 369 g/mol. The van der Waals surface area contributed by atoms with Gasteiger partial charge in [0, 0.05) is 12.0 Å². The second-order valence-electron chi connectivity index (χ2n) is 5.55. The number of amides is 1. The number of nitrogens with two attached hydrogens (primary N) is 1. The molecule has 2 N–H and O–H groups in total. The van der Waals surface area contributed by atoms with Crippen molar-refractivity contribution in [2.75, 3.05) is 13.4 Å². The minimum atomic E-state index is -4.68. The smallest absolute Gasteiger partial charge is 0.380 e. The van der Waals surface area contributed by atoms with Crippen LogP contribution in [0, 0.1) is 6.92 Å². The number of hydrogen-bond acceptors (Lipinski definition) is 3. The molecule has 2 rings (SSSR count). The van der Waals surface area contributed by atoms with E-state index >= 15 is 0 Å². The Morgan fingerprint density at radius 2 is 1.88 bits per heavy atom. The van der Waals surface area contributed by atoms with Crippen LogP contribution < -0.4 is 5.73 Å². The Morgan fingerprint density at radius 1 is 1.20 bits per heavy atom. The van der Waals surface area contributed by atoms with Crippen LogP contribution >= 0.6 is 11.8 Å². The van der Waals surface area contributed by atoms with Gasteiger partial charge in [-0.2, -0.15) is 13.2 Å². The normalized spacial score (nSPS) is 11.6. The van der Waals surface area contributed by atoms with Crippen LogP contribution in [0.2, 0.25) is 0 Å². The summed E-state index contributed by atoms with van der Waals surface area (Å²) in [5, 5.41) is 0. The summed E-state index contributed by atoms with van der Waals surface area (Å²) in [6.07, 6.45) is -3.01. The van der Waals surface area contributed by atoms with Crippen molar-refractivity contribution >= 4 is 17.7 Å². The number of primary amides is 1. The summed E-state index contributed by atoms with van der Waals surface area (Å²) < 4.78 is 45.6. The number of rotatable bonds is 5. The number of methoxy groups -OCH3 is 1. The molecule has 7 heteroatoms. The Labute approximate surface area is 148 Å². The molecule has 0 spiro atoms. The van der Waals surface area contributed by atoms with Gasteiger partial charge in [0.1, 0.15) is 0 Å². The van der Waals surface area contributed by atoms with Gasteiger partial charge in [-0.25, -0.2) is 0 Å². The third-order valence-corrected chi connectivity index (χ3v) is 4.46. The molecule has 0 fully saturated rings. The molecule has 0 heterocycles. The number of ether oxygens (including phenoxy) is 1. The number of carbonyl (C=O) groups excluding carboxylic acids is 1. The van der Waals surface area contributed by atoms with Crippen LogP contribution in [0.4, 0.5) is 13.2 Å². The summed E-state index contributed by atoms with van der Waals surface area (Å²) in [6.45, 7) is 2.08. The second-order valence-corrected chi connectivity index (χ2v) is 6.43. The molecule has 0 radical (unpaired) electrons. The van der Waals surface area contributed by atoms with Crippen molar-refractivity contribution in [3.05, 3.63) is 52.6 Å². The highest BCUT2D eigenvalue weighted by Crippen LogP contribution is 2.40. The number of thioether (sulfide) groups is 1. The van der Waals surface area contributed by atoms with E-state index in [1.807, 2.05) is 13.0 Å². The molecule has 0 aliphatic heterocycles. The van der Waals surface area contributed by atoms with Crippen LogP contribution in [0.3, 0.4) is 0 Å². The van der Waals surface area contributed by atoms with E-state index in [2.05, 4.69) is 0 Å². The molecule has 2 aromatic carbocycles. The maximum absolute atomic E-state index is 13.5. The third-order valence-electron chi connectivity index (χ3n) is 3.75. The topological polar surface area (TPSA) is 52.3 Å². The lowest BCUT2D eigenvalue weighted by Crippen LogP contribution is -2.20. The first-order valence-corrected chi connectivity index (χ1v) is 8.59. The molecule has 0 atom stereocenters. The highest BCUT2D eigenvalue weighted by atomic mass is 32.2. The van der Waals surface area contributed by atoms with Gasteiger partial charge in [-0.1, -0.05) is 23.8 Å². The monoisotopic (exact) mass is 369 g/mol. The molecule has 0 aliphatic carbocycles. The van der Waals surface area contributed by atoms with Gasteiger partial charge in [0.25, 0.3) is 0 Å². The Morgan fingerprint density at radius 3 is 2.40 bits per heavy atom. The fourth-order valence-corrected chi connectivity index (χ4v) is 3.17. The standard InChI is InChI=1S/C18H18F3NO2S/c1-10-4-5-13(11(6-10)9-24-2)14-7-12(25-3)8-15(18(19,20)21)16(14)17(22)23/h4-8H,9H2,1-3H3,(H2,22,23). The van der Waals surface area contributed by atoms with E-state index in [1.54, 1.807) is 24.5 Å². The molecule has 0 aliphatic rings. The first-order valence-electron chi connectivity index (χ1n) is 7.37. The zero-order valence-electron chi connectivity index (χ0n) is 14.0. The van der Waals surface area contributed by atoms with Gasteiger partial charge in [-0.05, 0) is 42.0 Å². The van der Waals surface area contributed by atoms with Crippen molar-refractivity contribution in [2.45, 2.75) is 24.6 Å². The minimum Gasteiger partial charge on any atom is -0.380 e. The van der Waals surface area contributed by atoms with Crippen LogP contribution in [0.1, 0.15) is 27.0 Å². The Bertz CT molecular complexity index is 804. The zero-order valence-corrected chi connectivity index (χ0v) is 14.8. The number of hydrogen-bond donors (Lipinski definition) is 1. The highest BCUT2D eigenvalue weighted by Gasteiger charge is 2.37. The van der Waals surface area contributed by atoms with E-state index in [0.717, 1.165) is 11.6 Å². The van der Waals surface area contributed by atoms with Crippen LogP contribution in [-0.2, 0) is 17.5 Å². The fourth-order valence-electron chi connectivity index (χ4n) is 2.70. The fraction of sp³-hybridized carbons (Fsp3) is 0.278. The van der Waals surface area contributed by atoms with Gasteiger partial charge in [-0.15, -0.1) is 11.8 Å². The summed E-state index contributed by atoms with van der Waals surface area (Å²) in [7, 11) is 1.50. The van der Waals surface area contributed by atoms with Crippen molar-refractivity contribution in [2.24, 2.45) is 5.73 Å². The van der Waals surface area contributed by atoms with Crippen molar-refractivity contribution in [3.8, 4) is 11.1 Å². The van der Waals surface area contributed by atoms with E-state index < -0.39 is 23.2 Å². The predicted molar refractivity (Wildman–Crippen MR) is 92.6 cm³/mol. The third kappa shape index (κ3) is 4.16. The van der Waals surface area contributed by atoms with E-state index in [0.29, 0.717) is 16.0 Å². The predicted octanol–water partition coefficient (Wildman–Crippen LogP) is 4.65. The maximum atomic E-state index is 13.5. The second kappa shape index (κ2) is 7.49. The average Bonchev–Trinajstić information content (AvgIpc) is 2.53. The van der Waals surface area contributed by atoms with Gasteiger partial charge in [0.05, 0.1) is 17.7 Å². The molecule has 0 saturated carbocycles. The van der Waals surface area contributed by atoms with Crippen LogP contribution in [0.5, 0.6) is 0 Å². The Hall–Kier alpha value is -1.99. The van der Waals surface area contributed by atoms with Gasteiger partial charge < -0.3 is 10.5 Å². The number of carbonyl (C=O) groups is 1. The summed E-state index contributed by atoms with van der Waals surface area (Å²) in [4.78, 5) is 12.3. The van der Waals surface area contributed by atoms with Crippen molar-refractivity contribution < 1.29 is 22.7 Å². The van der Waals surface area contributed by atoms with Crippen molar-refractivity contribution in [1.82, 2.24) is 0 Å². The van der Waals surface area contributed by atoms with Crippen molar-refractivity contribution in [3.63, 3.8) is 0 Å². The number of benzene rings is 2. The number of halogens is 3. The molecule has 134 valence electrons. The summed E-state index contributed by atoms with van der Waals surface area (Å²) >= 11 is 1.17. The largest absolute Gasteiger partial charge is 0.417 e. The molecule has 0 unspecified atom stereocenters. The van der Waals surface area contributed by atoms with Crippen LogP contribution in [0.25, 0.3) is 11.1 Å². The first kappa shape index (κ1) is 19.3. The van der Waals surface area contributed by atoms with Gasteiger partial charge in [0.15, 0.2) is 0 Å². The minimum absolute atomic E-state index is 0.165. The maximum Gasteiger partial charge on any atom is 0.417 e. The van der Waals surface area contributed by atoms with E-state index in [9.17, 15) is 18.0 Å². The molecule has 25 heavy (non-hydrogen) atoms. The lowest BCUT2D eigenvalue weighted by Gasteiger charge is -2.19. The van der Waals surface area contributed by atoms with Gasteiger partial charge in [-0.3, -0.25) is 4.79 Å². The quantitative estimate of drug-likeness (QED) is 0.781. The molecule has 0 bridgehead atoms. The molecule has 3 nitrogen and oxygen atoms in total. The summed E-state index contributed by atoms with van der Waals surface area (Å²) in [6, 6.07) is 7.80. The van der Waals surface area contributed by atoms with E-state index in [-0.39, 0.29) is 12.2 Å². The van der Waals surface area contributed by atoms with Crippen LogP contribution in [-0.4, -0.2) is 19.3 Å². The van der Waals surface area contributed by atoms with Crippen LogP contribution in [0.15, 0.2) is 35.2 Å². The lowest BCUT2D eigenvalue weighted by atomic mass is 9.91. The number of aryl methyl sites for hydroxylation is 1. The van der Waals surface area contributed by atoms with Gasteiger partial charge >= 0.3 is 6.18 Å². The molecule has 0 aromatic heterocycles. The molecular formula is C18H18F3NO2S. The molecule has 2 aromatic rings. The van der Waals surface area contributed by atoms with E-state index in [4.69, 9.17) is 10.5 Å². The highest BCUT2D eigenvalue weighted by molar-refractivity contribution is 7.98.